The molecule has 1 aromatic heterocycles. The summed E-state index contributed by atoms with van der Waals surface area (Å²) in [5, 5.41) is 0.716. The molecule has 0 aliphatic heterocycles. The summed E-state index contributed by atoms with van der Waals surface area (Å²) in [6.07, 6.45) is 3.20. The van der Waals surface area contributed by atoms with Gasteiger partial charge in [-0.05, 0) is 17.7 Å². The highest BCUT2D eigenvalue weighted by Crippen LogP contribution is 2.12. The Morgan fingerprint density at radius 1 is 1.31 bits per heavy atom. The lowest BCUT2D eigenvalue weighted by Crippen LogP contribution is -2.00. The molecule has 1 heterocycles. The van der Waals surface area contributed by atoms with Gasteiger partial charge in [0.1, 0.15) is 17.2 Å². The Hall–Kier alpha value is -1.83. The molecule has 0 fully saturated rings. The Morgan fingerprint density at radius 3 is 2.92 bits per heavy atom. The Kier molecular flexibility index (Phi) is 1.74. The summed E-state index contributed by atoms with van der Waals surface area (Å²) in [6.45, 7) is 3.66. The summed E-state index contributed by atoms with van der Waals surface area (Å²) in [5.74, 6) is 0. The highest BCUT2D eigenvalue weighted by molar-refractivity contribution is 5.78. The molecule has 1 aromatic carbocycles. The van der Waals surface area contributed by atoms with Crippen LogP contribution in [0.5, 0.6) is 0 Å². The van der Waals surface area contributed by atoms with Crippen LogP contribution in [0.3, 0.4) is 0 Å². The zero-order valence-corrected chi connectivity index (χ0v) is 7.03. The molecule has 0 bridgehead atoms. The van der Waals surface area contributed by atoms with Crippen molar-refractivity contribution < 1.29 is 9.21 Å². The van der Waals surface area contributed by atoms with Gasteiger partial charge in [0.05, 0.1) is 6.07 Å². The minimum absolute atomic E-state index is 0.233. The first-order valence-electron chi connectivity index (χ1n) is 3.97. The molecular weight excluding hydrogens is 164 g/mol. The van der Waals surface area contributed by atoms with E-state index in [0.29, 0.717) is 11.0 Å². The van der Waals surface area contributed by atoms with Gasteiger partial charge in [0, 0.05) is 0 Å². The fourth-order valence-corrected chi connectivity index (χ4v) is 1.24. The van der Waals surface area contributed by atoms with Crippen molar-refractivity contribution in [2.75, 3.05) is 0 Å². The molecule has 0 saturated heterocycles. The van der Waals surface area contributed by atoms with Crippen molar-refractivity contribution in [1.29, 1.82) is 0 Å². The molecule has 0 saturated carbocycles. The Morgan fingerprint density at radius 2 is 2.15 bits per heavy atom. The highest BCUT2D eigenvalue weighted by Gasteiger charge is 2.02. The maximum absolute atomic E-state index is 9.45. The molecule has 0 amide bonds. The molecule has 1 N–H and O–H groups in total. The van der Waals surface area contributed by atoms with Crippen LogP contribution in [0.2, 0.25) is 0 Å². The van der Waals surface area contributed by atoms with Gasteiger partial charge in [0.2, 0.25) is 0 Å². The summed E-state index contributed by atoms with van der Waals surface area (Å²) >= 11 is 0. The summed E-state index contributed by atoms with van der Waals surface area (Å²) < 4.78 is 5.23. The molecule has 2 nitrogen and oxygen atoms in total. The van der Waals surface area contributed by atoms with Crippen LogP contribution in [-0.2, 0) is 0 Å². The fourth-order valence-electron chi connectivity index (χ4n) is 1.24. The van der Waals surface area contributed by atoms with Crippen LogP contribution in [0.4, 0.5) is 0 Å². The van der Waals surface area contributed by atoms with Gasteiger partial charge < -0.3 is 4.42 Å². The van der Waals surface area contributed by atoms with Crippen molar-refractivity contribution in [2.24, 2.45) is 0 Å². The standard InChI is InChI=1S/C11H8O2/c1-2-8-3-4-9-10(12)5-6-13-11(9)7-8/h2-7H,1H2/p+1. The molecule has 0 atom stereocenters. The van der Waals surface area contributed by atoms with Gasteiger partial charge in [0.25, 0.3) is 0 Å². The van der Waals surface area contributed by atoms with Gasteiger partial charge in [-0.3, -0.25) is 4.79 Å². The molecule has 0 spiro atoms. The Labute approximate surface area is 75.1 Å². The predicted molar refractivity (Wildman–Crippen MR) is 51.4 cm³/mol. The molecule has 2 heteroatoms. The van der Waals surface area contributed by atoms with E-state index in [1.807, 2.05) is 18.2 Å². The van der Waals surface area contributed by atoms with Crippen molar-refractivity contribution >= 4 is 17.0 Å². The highest BCUT2D eigenvalue weighted by atomic mass is 16.3. The normalized spacial score (nSPS) is 10.2. The second kappa shape index (κ2) is 2.90. The molecule has 2 aromatic rings. The summed E-state index contributed by atoms with van der Waals surface area (Å²) in [4.78, 5) is 9.45. The van der Waals surface area contributed by atoms with E-state index in [2.05, 4.69) is 6.58 Å². The third kappa shape index (κ3) is 1.26. The first kappa shape index (κ1) is 7.80. The maximum atomic E-state index is 9.45. The van der Waals surface area contributed by atoms with Gasteiger partial charge in [-0.2, -0.15) is 0 Å². The monoisotopic (exact) mass is 173 g/mol. The lowest BCUT2D eigenvalue weighted by atomic mass is 10.1. The van der Waals surface area contributed by atoms with E-state index in [1.165, 1.54) is 12.3 Å². The molecule has 13 heavy (non-hydrogen) atoms. The number of fused-ring (bicyclic) bond motifs is 1. The maximum Gasteiger partial charge on any atom is 0.354 e. The summed E-state index contributed by atoms with van der Waals surface area (Å²) in [6, 6.07) is 7.05. The molecule has 0 aliphatic rings. The van der Waals surface area contributed by atoms with E-state index < -0.39 is 0 Å². The van der Waals surface area contributed by atoms with Crippen LogP contribution in [0.25, 0.3) is 17.0 Å². The zero-order valence-electron chi connectivity index (χ0n) is 7.03. The third-order valence-corrected chi connectivity index (χ3v) is 1.94. The van der Waals surface area contributed by atoms with Crippen LogP contribution in [0.15, 0.2) is 41.5 Å². The second-order valence-electron chi connectivity index (χ2n) is 2.77. The lowest BCUT2D eigenvalue weighted by Gasteiger charge is -1.94. The van der Waals surface area contributed by atoms with Crippen molar-refractivity contribution in [3.63, 3.8) is 0 Å². The van der Waals surface area contributed by atoms with Gasteiger partial charge in [-0.25, -0.2) is 0 Å². The zero-order chi connectivity index (χ0) is 9.26. The van der Waals surface area contributed by atoms with Crippen molar-refractivity contribution in [3.8, 4) is 0 Å². The topological polar surface area (TPSA) is 34.5 Å². The fraction of sp³-hybridized carbons (Fsp3) is 0. The largest absolute Gasteiger partial charge is 0.464 e. The minimum Gasteiger partial charge on any atom is -0.464 e. The first-order valence-corrected chi connectivity index (χ1v) is 3.97. The molecule has 0 aliphatic carbocycles. The van der Waals surface area contributed by atoms with Crippen LogP contribution < -0.4 is 5.43 Å². The lowest BCUT2D eigenvalue weighted by molar-refractivity contribution is 0.558. The SMILES string of the molecule is C=Cc1ccc2c(=[OH+])ccoc2c1. The number of hydrogen-bond donors (Lipinski definition) is 0. The van der Waals surface area contributed by atoms with E-state index in [9.17, 15) is 4.79 Å². The van der Waals surface area contributed by atoms with Gasteiger partial charge in [-0.15, -0.1) is 0 Å². The average molecular weight is 173 g/mol. The van der Waals surface area contributed by atoms with Crippen LogP contribution in [0.1, 0.15) is 5.56 Å². The van der Waals surface area contributed by atoms with Crippen molar-refractivity contribution in [1.82, 2.24) is 0 Å². The Balaban J connectivity index is 2.87. The second-order valence-corrected chi connectivity index (χ2v) is 2.77. The minimum atomic E-state index is 0.233. The quantitative estimate of drug-likeness (QED) is 0.608. The number of benzene rings is 1. The van der Waals surface area contributed by atoms with Gasteiger partial charge in [0.15, 0.2) is 0 Å². The average Bonchev–Trinajstić information content (AvgIpc) is 2.18. The molecule has 64 valence electrons. The van der Waals surface area contributed by atoms with Crippen LogP contribution in [-0.4, -0.2) is 4.79 Å². The van der Waals surface area contributed by atoms with Crippen LogP contribution >= 0.6 is 0 Å². The first-order chi connectivity index (χ1) is 6.31. The molecular formula is C11H9O2+. The van der Waals surface area contributed by atoms with Gasteiger partial charge >= 0.3 is 5.43 Å². The Bertz CT molecular complexity index is 509. The summed E-state index contributed by atoms with van der Waals surface area (Å²) in [7, 11) is 0. The van der Waals surface area contributed by atoms with E-state index in [0.717, 1.165) is 5.56 Å². The smallest absolute Gasteiger partial charge is 0.354 e. The molecule has 0 radical (unpaired) electrons. The third-order valence-electron chi connectivity index (χ3n) is 1.94. The molecule has 2 rings (SSSR count). The number of rotatable bonds is 1. The molecule has 0 unspecified atom stereocenters. The van der Waals surface area contributed by atoms with Crippen LogP contribution in [0, 0.1) is 0 Å². The van der Waals surface area contributed by atoms with Gasteiger partial charge in [-0.1, -0.05) is 18.7 Å². The predicted octanol–water partition coefficient (Wildman–Crippen LogP) is 2.08. The van der Waals surface area contributed by atoms with E-state index in [4.69, 9.17) is 4.42 Å². The van der Waals surface area contributed by atoms with Crippen molar-refractivity contribution in [3.05, 3.63) is 48.1 Å². The van der Waals surface area contributed by atoms with E-state index in [1.54, 1.807) is 6.08 Å². The van der Waals surface area contributed by atoms with E-state index >= 15 is 0 Å². The van der Waals surface area contributed by atoms with E-state index in [-0.39, 0.29) is 5.43 Å². The van der Waals surface area contributed by atoms with Crippen molar-refractivity contribution in [2.45, 2.75) is 0 Å². The number of hydrogen-bond acceptors (Lipinski definition) is 1. The summed E-state index contributed by atoms with van der Waals surface area (Å²) in [5.41, 5.74) is 1.87.